The van der Waals surface area contributed by atoms with Gasteiger partial charge in [0.15, 0.2) is 0 Å². The van der Waals surface area contributed by atoms with Gasteiger partial charge in [-0.1, -0.05) is 97.1 Å². The number of rotatable bonds is 4. The van der Waals surface area contributed by atoms with Crippen molar-refractivity contribution >= 4 is 43.6 Å². The molecule has 13 rings (SSSR count). The van der Waals surface area contributed by atoms with Crippen LogP contribution in [0.2, 0.25) is 0 Å². The number of benzene rings is 7. The molecule has 0 amide bonds. The Balaban J connectivity index is 0.992. The highest BCUT2D eigenvalue weighted by Crippen LogP contribution is 2.56. The van der Waals surface area contributed by atoms with Gasteiger partial charge in [-0.3, -0.25) is 0 Å². The van der Waals surface area contributed by atoms with E-state index in [4.69, 9.17) is 0 Å². The van der Waals surface area contributed by atoms with Gasteiger partial charge in [0.1, 0.15) is 0 Å². The van der Waals surface area contributed by atoms with Gasteiger partial charge < -0.3 is 9.13 Å². The molecule has 0 N–H and O–H groups in total. The molecule has 2 heterocycles. The minimum atomic E-state index is 0.731. The van der Waals surface area contributed by atoms with Crippen LogP contribution in [-0.4, -0.2) is 9.13 Å². The van der Waals surface area contributed by atoms with Crippen LogP contribution in [0.3, 0.4) is 0 Å². The molecule has 4 aliphatic rings. The monoisotopic (exact) mass is 680 g/mol. The Bertz CT molecular complexity index is 2890. The second-order valence-corrected chi connectivity index (χ2v) is 16.2. The zero-order valence-electron chi connectivity index (χ0n) is 29.8. The molecule has 2 saturated carbocycles. The lowest BCUT2D eigenvalue weighted by atomic mass is 9.67. The Labute approximate surface area is 309 Å². The summed E-state index contributed by atoms with van der Waals surface area (Å²) < 4.78 is 4.96. The first-order chi connectivity index (χ1) is 26.2. The standard InChI is InChI=1S/C51H40N2/c1-2-9-34(10-3-1)35-11-8-12-40(28-35)52-48-15-6-4-13-43(48)46-29-36(17-21-50(46)52)37-18-22-51-47(30-37)44-14-5-7-16-49(44)53(51)41-19-20-42-38-24-32-23-33(25-38)27-39(26-32)45(42)31-41/h1-22,28-33,38-39H,23-27H2. The van der Waals surface area contributed by atoms with E-state index in [9.17, 15) is 0 Å². The summed E-state index contributed by atoms with van der Waals surface area (Å²) in [5, 5.41) is 5.18. The van der Waals surface area contributed by atoms with Crippen molar-refractivity contribution in [2.45, 2.75) is 43.9 Å². The summed E-state index contributed by atoms with van der Waals surface area (Å²) in [5.74, 6) is 3.36. The minimum absolute atomic E-state index is 0.731. The highest BCUT2D eigenvalue weighted by molar-refractivity contribution is 6.12. The molecule has 254 valence electrons. The number of aromatic nitrogens is 2. The van der Waals surface area contributed by atoms with Gasteiger partial charge in [0.05, 0.1) is 22.1 Å². The number of para-hydroxylation sites is 2. The lowest BCUT2D eigenvalue weighted by Gasteiger charge is -2.38. The van der Waals surface area contributed by atoms with Gasteiger partial charge in [-0.15, -0.1) is 0 Å². The second-order valence-electron chi connectivity index (χ2n) is 16.2. The Morgan fingerprint density at radius 3 is 1.47 bits per heavy atom. The molecule has 7 aromatic carbocycles. The fourth-order valence-corrected chi connectivity index (χ4v) is 11.1. The Kier molecular flexibility index (Phi) is 6.34. The van der Waals surface area contributed by atoms with Gasteiger partial charge in [0, 0.05) is 32.9 Å². The Morgan fingerprint density at radius 1 is 0.321 bits per heavy atom. The third kappa shape index (κ3) is 4.51. The number of fused-ring (bicyclic) bond motifs is 6. The summed E-state index contributed by atoms with van der Waals surface area (Å²) >= 11 is 0. The predicted octanol–water partition coefficient (Wildman–Crippen LogP) is 13.6. The lowest BCUT2D eigenvalue weighted by molar-refractivity contribution is 0.166. The van der Waals surface area contributed by atoms with E-state index < -0.39 is 0 Å². The second kappa shape index (κ2) is 11.3. The van der Waals surface area contributed by atoms with E-state index in [0.29, 0.717) is 0 Å². The van der Waals surface area contributed by atoms with E-state index in [1.165, 1.54) is 109 Å². The predicted molar refractivity (Wildman–Crippen MR) is 222 cm³/mol. The van der Waals surface area contributed by atoms with Crippen molar-refractivity contribution in [3.8, 4) is 33.6 Å². The summed E-state index contributed by atoms with van der Waals surface area (Å²) in [6, 6.07) is 59.2. The van der Waals surface area contributed by atoms with Gasteiger partial charge in [0.25, 0.3) is 0 Å². The van der Waals surface area contributed by atoms with Crippen LogP contribution in [-0.2, 0) is 0 Å². The SMILES string of the molecule is c1ccc(-c2cccc(-n3c4ccccc4c4cc(-c5ccc6c(c5)c5ccccc5n6-c5ccc6c(c5)C5CC7CC(CC6C7)C5)ccc43)c2)cc1. The summed E-state index contributed by atoms with van der Waals surface area (Å²) in [7, 11) is 0. The molecule has 53 heavy (non-hydrogen) atoms. The molecule has 2 nitrogen and oxygen atoms in total. The maximum absolute atomic E-state index is 2.59. The third-order valence-corrected chi connectivity index (χ3v) is 13.2. The maximum Gasteiger partial charge on any atom is 0.0541 e. The molecule has 4 bridgehead atoms. The van der Waals surface area contributed by atoms with Crippen molar-refractivity contribution in [1.29, 1.82) is 0 Å². The highest BCUT2D eigenvalue weighted by atomic mass is 15.0. The van der Waals surface area contributed by atoms with Crippen molar-refractivity contribution in [2.75, 3.05) is 0 Å². The first kappa shape index (κ1) is 29.7. The van der Waals surface area contributed by atoms with Crippen molar-refractivity contribution < 1.29 is 0 Å². The fraction of sp³-hybridized carbons (Fsp3) is 0.176. The van der Waals surface area contributed by atoms with Gasteiger partial charge in [-0.05, 0) is 150 Å². The molecule has 0 radical (unpaired) electrons. The molecule has 2 fully saturated rings. The minimum Gasteiger partial charge on any atom is -0.309 e. The van der Waals surface area contributed by atoms with Crippen LogP contribution in [0.5, 0.6) is 0 Å². The van der Waals surface area contributed by atoms with Gasteiger partial charge in [-0.25, -0.2) is 0 Å². The number of hydrogen-bond donors (Lipinski definition) is 0. The lowest BCUT2D eigenvalue weighted by Crippen LogP contribution is -2.25. The molecule has 0 spiro atoms. The maximum atomic E-state index is 2.59. The number of nitrogens with zero attached hydrogens (tertiary/aromatic N) is 2. The third-order valence-electron chi connectivity index (χ3n) is 13.2. The quantitative estimate of drug-likeness (QED) is 0.175. The Hall–Kier alpha value is -5.86. The van der Waals surface area contributed by atoms with Crippen LogP contribution >= 0.6 is 0 Å². The van der Waals surface area contributed by atoms with Crippen LogP contribution in [0.25, 0.3) is 77.2 Å². The van der Waals surface area contributed by atoms with Crippen molar-refractivity contribution in [1.82, 2.24) is 9.13 Å². The van der Waals surface area contributed by atoms with Gasteiger partial charge in [0.2, 0.25) is 0 Å². The van der Waals surface area contributed by atoms with Crippen LogP contribution in [0.1, 0.15) is 55.1 Å². The average Bonchev–Trinajstić information content (AvgIpc) is 3.66. The Morgan fingerprint density at radius 2 is 0.830 bits per heavy atom. The van der Waals surface area contributed by atoms with E-state index in [2.05, 4.69) is 167 Å². The summed E-state index contributed by atoms with van der Waals surface area (Å²) in [6.45, 7) is 0. The summed E-state index contributed by atoms with van der Waals surface area (Å²) in [5.41, 5.74) is 15.8. The average molecular weight is 681 g/mol. The van der Waals surface area contributed by atoms with Crippen molar-refractivity contribution in [3.05, 3.63) is 169 Å². The van der Waals surface area contributed by atoms with Crippen LogP contribution in [0.15, 0.2) is 158 Å². The zero-order chi connectivity index (χ0) is 34.6. The van der Waals surface area contributed by atoms with Crippen molar-refractivity contribution in [3.63, 3.8) is 0 Å². The highest BCUT2D eigenvalue weighted by Gasteiger charge is 2.42. The van der Waals surface area contributed by atoms with E-state index in [1.54, 1.807) is 11.1 Å². The molecular formula is C51H40N2. The van der Waals surface area contributed by atoms with E-state index in [1.807, 2.05) is 0 Å². The topological polar surface area (TPSA) is 9.86 Å². The summed E-state index contributed by atoms with van der Waals surface area (Å²) in [6.07, 6.45) is 7.07. The molecule has 2 aromatic heterocycles. The van der Waals surface area contributed by atoms with Gasteiger partial charge in [-0.2, -0.15) is 0 Å². The molecule has 2 atom stereocenters. The molecule has 4 aliphatic carbocycles. The molecule has 0 aliphatic heterocycles. The molecule has 0 saturated heterocycles. The first-order valence-electron chi connectivity index (χ1n) is 19.6. The van der Waals surface area contributed by atoms with E-state index >= 15 is 0 Å². The smallest absolute Gasteiger partial charge is 0.0541 e. The molecule has 9 aromatic rings. The molecular weight excluding hydrogens is 641 g/mol. The molecule has 2 unspecified atom stereocenters. The summed E-state index contributed by atoms with van der Waals surface area (Å²) in [4.78, 5) is 0. The van der Waals surface area contributed by atoms with E-state index in [0.717, 1.165) is 23.7 Å². The van der Waals surface area contributed by atoms with Crippen LogP contribution in [0, 0.1) is 11.8 Å². The van der Waals surface area contributed by atoms with Crippen LogP contribution < -0.4 is 0 Å². The zero-order valence-corrected chi connectivity index (χ0v) is 29.8. The first-order valence-corrected chi connectivity index (χ1v) is 19.6. The van der Waals surface area contributed by atoms with Gasteiger partial charge >= 0.3 is 0 Å². The number of hydrogen-bond acceptors (Lipinski definition) is 0. The van der Waals surface area contributed by atoms with E-state index in [-0.39, 0.29) is 0 Å². The fourth-order valence-electron chi connectivity index (χ4n) is 11.1. The largest absolute Gasteiger partial charge is 0.309 e. The van der Waals surface area contributed by atoms with Crippen molar-refractivity contribution in [2.24, 2.45) is 11.8 Å². The normalized spacial score (nSPS) is 20.5. The van der Waals surface area contributed by atoms with Crippen LogP contribution in [0.4, 0.5) is 0 Å². The molecule has 2 heteroatoms.